The van der Waals surface area contributed by atoms with Crippen molar-refractivity contribution in [2.75, 3.05) is 11.6 Å². The molecule has 5 nitrogen and oxygen atoms in total. The lowest BCUT2D eigenvalue weighted by atomic mass is 10.1. The molecule has 0 unspecified atom stereocenters. The quantitative estimate of drug-likeness (QED) is 0.685. The van der Waals surface area contributed by atoms with E-state index < -0.39 is 0 Å². The summed E-state index contributed by atoms with van der Waals surface area (Å²) in [5, 5.41) is 3.49. The number of aryl methyl sites for hydroxylation is 3. The maximum atomic E-state index is 12.7. The second kappa shape index (κ2) is 6.81. The largest absolute Gasteiger partial charge is 0.325 e. The summed E-state index contributed by atoms with van der Waals surface area (Å²) in [6, 6.07) is 5.89. The number of anilines is 1. The zero-order valence-corrected chi connectivity index (χ0v) is 15.0. The van der Waals surface area contributed by atoms with Crippen LogP contribution in [0.2, 0.25) is 0 Å². The van der Waals surface area contributed by atoms with Gasteiger partial charge in [-0.2, -0.15) is 0 Å². The van der Waals surface area contributed by atoms with E-state index in [1.54, 1.807) is 0 Å². The highest BCUT2D eigenvalue weighted by atomic mass is 32.2. The first-order chi connectivity index (χ1) is 11.5. The minimum atomic E-state index is -0.211. The number of hydrogen-bond acceptors (Lipinski definition) is 4. The monoisotopic (exact) mass is 343 g/mol. The van der Waals surface area contributed by atoms with Gasteiger partial charge in [-0.05, 0) is 62.6 Å². The Hall–Kier alpha value is -2.08. The van der Waals surface area contributed by atoms with Gasteiger partial charge in [0, 0.05) is 11.3 Å². The van der Waals surface area contributed by atoms with Crippen LogP contribution in [-0.4, -0.2) is 21.7 Å². The van der Waals surface area contributed by atoms with Gasteiger partial charge in [-0.15, -0.1) is 0 Å². The molecule has 1 N–H and O–H groups in total. The molecule has 0 spiro atoms. The summed E-state index contributed by atoms with van der Waals surface area (Å²) in [5.41, 5.74) is 4.53. The van der Waals surface area contributed by atoms with Crippen LogP contribution < -0.4 is 10.9 Å². The second-order valence-corrected chi connectivity index (χ2v) is 6.97. The van der Waals surface area contributed by atoms with Crippen molar-refractivity contribution in [3.63, 3.8) is 0 Å². The minimum absolute atomic E-state index is 0.0116. The van der Waals surface area contributed by atoms with Crippen LogP contribution in [0.15, 0.2) is 28.2 Å². The second-order valence-electron chi connectivity index (χ2n) is 6.19. The molecule has 3 rings (SSSR count). The van der Waals surface area contributed by atoms with Crippen molar-refractivity contribution in [3.8, 4) is 0 Å². The van der Waals surface area contributed by atoms with Crippen LogP contribution >= 0.6 is 11.8 Å². The highest BCUT2D eigenvalue weighted by Gasteiger charge is 2.21. The molecular weight excluding hydrogens is 322 g/mol. The number of nitrogens with one attached hydrogen (secondary N) is 1. The molecule has 0 bridgehead atoms. The minimum Gasteiger partial charge on any atom is -0.325 e. The van der Waals surface area contributed by atoms with E-state index in [2.05, 4.69) is 16.4 Å². The molecule has 0 fully saturated rings. The summed E-state index contributed by atoms with van der Waals surface area (Å²) in [7, 11) is 0. The summed E-state index contributed by atoms with van der Waals surface area (Å²) in [6.45, 7) is 3.97. The number of carbonyl (C=O) groups is 1. The van der Waals surface area contributed by atoms with Crippen molar-refractivity contribution in [3.05, 3.63) is 50.9 Å². The Morgan fingerprint density at radius 1 is 1.25 bits per heavy atom. The Labute approximate surface area is 145 Å². The summed E-state index contributed by atoms with van der Waals surface area (Å²) >= 11 is 1.40. The summed E-state index contributed by atoms with van der Waals surface area (Å²) in [6.07, 6.45) is 4.45. The summed E-state index contributed by atoms with van der Waals surface area (Å²) in [4.78, 5) is 29.7. The molecule has 0 aliphatic heterocycles. The SMILES string of the molecule is CSc1nc2c(c(=O)n1CC(=O)Nc1cc(C)cc(C)c1)CCC2. The molecule has 1 aromatic carbocycles. The topological polar surface area (TPSA) is 64.0 Å². The number of nitrogens with zero attached hydrogens (tertiary/aromatic N) is 2. The average molecular weight is 343 g/mol. The van der Waals surface area contributed by atoms with Gasteiger partial charge >= 0.3 is 0 Å². The van der Waals surface area contributed by atoms with Crippen molar-refractivity contribution in [1.29, 1.82) is 0 Å². The Kier molecular flexibility index (Phi) is 4.76. The third-order valence-electron chi connectivity index (χ3n) is 4.14. The Morgan fingerprint density at radius 2 is 1.96 bits per heavy atom. The first-order valence-electron chi connectivity index (χ1n) is 8.02. The lowest BCUT2D eigenvalue weighted by molar-refractivity contribution is -0.116. The van der Waals surface area contributed by atoms with Crippen LogP contribution in [0.25, 0.3) is 0 Å². The predicted molar refractivity (Wildman–Crippen MR) is 96.8 cm³/mol. The van der Waals surface area contributed by atoms with Gasteiger partial charge in [0.15, 0.2) is 5.16 Å². The zero-order valence-electron chi connectivity index (χ0n) is 14.2. The first kappa shape index (κ1) is 16.8. The molecule has 1 aromatic heterocycles. The highest BCUT2D eigenvalue weighted by molar-refractivity contribution is 7.98. The number of benzene rings is 1. The number of hydrogen-bond donors (Lipinski definition) is 1. The van der Waals surface area contributed by atoms with Gasteiger partial charge in [-0.3, -0.25) is 14.2 Å². The number of thioether (sulfide) groups is 1. The van der Waals surface area contributed by atoms with Crippen LogP contribution in [0, 0.1) is 13.8 Å². The number of rotatable bonds is 4. The molecule has 24 heavy (non-hydrogen) atoms. The van der Waals surface area contributed by atoms with E-state index >= 15 is 0 Å². The molecular formula is C18H21N3O2S. The molecule has 1 aliphatic rings. The molecule has 1 aliphatic carbocycles. The predicted octanol–water partition coefficient (Wildman–Crippen LogP) is 2.71. The molecule has 0 atom stereocenters. The molecule has 1 heterocycles. The molecule has 2 aromatic rings. The van der Waals surface area contributed by atoms with Crippen LogP contribution in [-0.2, 0) is 24.2 Å². The highest BCUT2D eigenvalue weighted by Crippen LogP contribution is 2.20. The normalized spacial score (nSPS) is 13.0. The summed E-state index contributed by atoms with van der Waals surface area (Å²) < 4.78 is 1.49. The Balaban J connectivity index is 1.85. The molecule has 1 amide bonds. The van der Waals surface area contributed by atoms with E-state index in [0.29, 0.717) is 5.16 Å². The maximum Gasteiger partial charge on any atom is 0.258 e. The number of amides is 1. The Morgan fingerprint density at radius 3 is 2.62 bits per heavy atom. The van der Waals surface area contributed by atoms with E-state index in [9.17, 15) is 9.59 Å². The van der Waals surface area contributed by atoms with Gasteiger partial charge in [0.2, 0.25) is 5.91 Å². The Bertz CT molecular complexity index is 838. The van der Waals surface area contributed by atoms with Crippen molar-refractivity contribution < 1.29 is 4.79 Å². The van der Waals surface area contributed by atoms with Crippen LogP contribution in [0.5, 0.6) is 0 Å². The molecule has 126 valence electrons. The fourth-order valence-electron chi connectivity index (χ4n) is 3.19. The number of fused-ring (bicyclic) bond motifs is 1. The third kappa shape index (κ3) is 3.38. The van der Waals surface area contributed by atoms with Crippen molar-refractivity contribution in [2.45, 2.75) is 44.8 Å². The molecule has 0 saturated carbocycles. The molecule has 6 heteroatoms. The summed E-state index contributed by atoms with van der Waals surface area (Å²) in [5.74, 6) is -0.211. The van der Waals surface area contributed by atoms with Gasteiger partial charge in [0.05, 0.1) is 5.69 Å². The van der Waals surface area contributed by atoms with Crippen molar-refractivity contribution in [1.82, 2.24) is 9.55 Å². The van der Waals surface area contributed by atoms with E-state index in [-0.39, 0.29) is 18.0 Å². The van der Waals surface area contributed by atoms with Crippen LogP contribution in [0.1, 0.15) is 28.8 Å². The zero-order chi connectivity index (χ0) is 17.3. The first-order valence-corrected chi connectivity index (χ1v) is 9.25. The van der Waals surface area contributed by atoms with Gasteiger partial charge < -0.3 is 5.32 Å². The maximum absolute atomic E-state index is 12.7. The third-order valence-corrected chi connectivity index (χ3v) is 4.82. The fraction of sp³-hybridized carbons (Fsp3) is 0.389. The number of aromatic nitrogens is 2. The van der Waals surface area contributed by atoms with E-state index in [4.69, 9.17) is 0 Å². The molecule has 0 saturated heterocycles. The van der Waals surface area contributed by atoms with Gasteiger partial charge in [-0.1, -0.05) is 17.8 Å². The van der Waals surface area contributed by atoms with Gasteiger partial charge in [0.1, 0.15) is 6.54 Å². The van der Waals surface area contributed by atoms with Crippen LogP contribution in [0.3, 0.4) is 0 Å². The average Bonchev–Trinajstić information content (AvgIpc) is 2.97. The number of carbonyl (C=O) groups excluding carboxylic acids is 1. The van der Waals surface area contributed by atoms with E-state index in [1.165, 1.54) is 16.3 Å². The lowest BCUT2D eigenvalue weighted by Crippen LogP contribution is -2.32. The van der Waals surface area contributed by atoms with Gasteiger partial charge in [0.25, 0.3) is 5.56 Å². The van der Waals surface area contributed by atoms with E-state index in [0.717, 1.165) is 47.3 Å². The fourth-order valence-corrected chi connectivity index (χ4v) is 3.76. The van der Waals surface area contributed by atoms with Crippen LogP contribution in [0.4, 0.5) is 5.69 Å². The van der Waals surface area contributed by atoms with Crippen molar-refractivity contribution in [2.24, 2.45) is 0 Å². The standard InChI is InChI=1S/C18H21N3O2S/c1-11-7-12(2)9-13(8-11)19-16(22)10-21-17(23)14-5-4-6-15(14)20-18(21)24-3/h7-9H,4-6,10H2,1-3H3,(H,19,22). The van der Waals surface area contributed by atoms with E-state index in [1.807, 2.05) is 32.2 Å². The van der Waals surface area contributed by atoms with Gasteiger partial charge in [-0.25, -0.2) is 4.98 Å². The lowest BCUT2D eigenvalue weighted by Gasteiger charge is -2.13. The van der Waals surface area contributed by atoms with Crippen molar-refractivity contribution >= 4 is 23.4 Å². The molecule has 0 radical (unpaired) electrons. The smallest absolute Gasteiger partial charge is 0.258 e.